The molecular weight excluding hydrogens is 300 g/mol. The number of amides is 1. The number of pyridine rings is 1. The summed E-state index contributed by atoms with van der Waals surface area (Å²) in [7, 11) is 1.62. The molecule has 1 aromatic carbocycles. The number of hydrogen-bond acceptors (Lipinski definition) is 3. The Morgan fingerprint density at radius 1 is 1.27 bits per heavy atom. The smallest absolute Gasteiger partial charge is 0.254 e. The number of benzene rings is 1. The van der Waals surface area contributed by atoms with Crippen LogP contribution >= 0.6 is 11.6 Å². The number of nitrogens with zero attached hydrogens (tertiary/aromatic N) is 2. The van der Waals surface area contributed by atoms with Crippen LogP contribution in [-0.2, 0) is 11.3 Å². The number of ether oxygens (including phenoxy) is 1. The maximum absolute atomic E-state index is 12.7. The highest BCUT2D eigenvalue weighted by atomic mass is 35.5. The van der Waals surface area contributed by atoms with Crippen molar-refractivity contribution in [3.05, 3.63) is 64.4 Å². The largest absolute Gasteiger partial charge is 0.383 e. The van der Waals surface area contributed by atoms with Crippen molar-refractivity contribution in [3.63, 3.8) is 0 Å². The first-order chi connectivity index (χ1) is 10.6. The van der Waals surface area contributed by atoms with Crippen molar-refractivity contribution in [2.24, 2.45) is 0 Å². The second-order valence-electron chi connectivity index (χ2n) is 5.07. The van der Waals surface area contributed by atoms with Gasteiger partial charge in [0.1, 0.15) is 5.15 Å². The molecular formula is C17H19ClN2O2. The lowest BCUT2D eigenvalue weighted by atomic mass is 10.1. The monoisotopic (exact) mass is 318 g/mol. The second kappa shape index (κ2) is 7.92. The molecule has 2 rings (SSSR count). The summed E-state index contributed by atoms with van der Waals surface area (Å²) in [6.45, 7) is 3.57. The topological polar surface area (TPSA) is 42.4 Å². The van der Waals surface area contributed by atoms with Crippen LogP contribution in [0, 0.1) is 6.92 Å². The van der Waals surface area contributed by atoms with Gasteiger partial charge in [-0.05, 0) is 24.6 Å². The fourth-order valence-electron chi connectivity index (χ4n) is 2.09. The van der Waals surface area contributed by atoms with Gasteiger partial charge in [-0.15, -0.1) is 0 Å². The second-order valence-corrected chi connectivity index (χ2v) is 5.46. The minimum Gasteiger partial charge on any atom is -0.383 e. The molecule has 0 spiro atoms. The first-order valence-electron chi connectivity index (χ1n) is 7.05. The Labute approximate surface area is 135 Å². The average Bonchev–Trinajstić information content (AvgIpc) is 2.52. The normalized spacial score (nSPS) is 10.5. The summed E-state index contributed by atoms with van der Waals surface area (Å²) in [6, 6.07) is 11.4. The van der Waals surface area contributed by atoms with Crippen LogP contribution < -0.4 is 0 Å². The molecule has 5 heteroatoms. The molecule has 1 heterocycles. The van der Waals surface area contributed by atoms with Gasteiger partial charge in [-0.2, -0.15) is 0 Å². The molecule has 0 aliphatic rings. The van der Waals surface area contributed by atoms with Crippen LogP contribution in [0.1, 0.15) is 21.5 Å². The van der Waals surface area contributed by atoms with Crippen molar-refractivity contribution in [1.29, 1.82) is 0 Å². The van der Waals surface area contributed by atoms with E-state index in [1.807, 2.05) is 31.2 Å². The Morgan fingerprint density at radius 2 is 2.00 bits per heavy atom. The molecule has 0 unspecified atom stereocenters. The maximum Gasteiger partial charge on any atom is 0.254 e. The fourth-order valence-corrected chi connectivity index (χ4v) is 2.26. The van der Waals surface area contributed by atoms with E-state index in [0.717, 1.165) is 5.56 Å². The van der Waals surface area contributed by atoms with E-state index < -0.39 is 0 Å². The molecule has 0 aliphatic carbocycles. The molecule has 1 aromatic heterocycles. The number of halogens is 1. The van der Waals surface area contributed by atoms with Crippen molar-refractivity contribution >= 4 is 17.5 Å². The summed E-state index contributed by atoms with van der Waals surface area (Å²) in [5, 5.41) is 0.313. The van der Waals surface area contributed by atoms with Gasteiger partial charge in [0, 0.05) is 32.0 Å². The molecule has 0 atom stereocenters. The van der Waals surface area contributed by atoms with Gasteiger partial charge in [0.2, 0.25) is 0 Å². The number of rotatable bonds is 6. The third kappa shape index (κ3) is 4.55. The van der Waals surface area contributed by atoms with Crippen LogP contribution in [0.15, 0.2) is 42.6 Å². The quantitative estimate of drug-likeness (QED) is 0.767. The number of hydrogen-bond donors (Lipinski definition) is 0. The van der Waals surface area contributed by atoms with Crippen molar-refractivity contribution in [1.82, 2.24) is 9.88 Å². The van der Waals surface area contributed by atoms with Crippen LogP contribution in [0.2, 0.25) is 5.15 Å². The first-order valence-corrected chi connectivity index (χ1v) is 7.43. The predicted molar refractivity (Wildman–Crippen MR) is 87.0 cm³/mol. The third-order valence-corrected chi connectivity index (χ3v) is 3.53. The molecule has 116 valence electrons. The summed E-state index contributed by atoms with van der Waals surface area (Å²) in [5.74, 6) is -0.0816. The molecule has 0 saturated carbocycles. The van der Waals surface area contributed by atoms with Gasteiger partial charge in [-0.3, -0.25) is 4.79 Å². The van der Waals surface area contributed by atoms with Gasteiger partial charge >= 0.3 is 0 Å². The standard InChI is InChI=1S/C17H19ClN2O2/c1-13-3-5-14(6-4-13)12-20(9-10-22-2)17(21)15-7-8-19-16(18)11-15/h3-8,11H,9-10,12H2,1-2H3. The summed E-state index contributed by atoms with van der Waals surface area (Å²) in [5.41, 5.74) is 2.80. The summed E-state index contributed by atoms with van der Waals surface area (Å²) in [4.78, 5) is 18.3. The number of aromatic nitrogens is 1. The molecule has 0 radical (unpaired) electrons. The Hall–Kier alpha value is -1.91. The van der Waals surface area contributed by atoms with E-state index in [4.69, 9.17) is 16.3 Å². The molecule has 0 bridgehead atoms. The highest BCUT2D eigenvalue weighted by molar-refractivity contribution is 6.29. The van der Waals surface area contributed by atoms with E-state index in [-0.39, 0.29) is 5.91 Å². The highest BCUT2D eigenvalue weighted by Crippen LogP contribution is 2.13. The Bertz CT molecular complexity index is 629. The lowest BCUT2D eigenvalue weighted by molar-refractivity contribution is 0.0680. The maximum atomic E-state index is 12.7. The molecule has 4 nitrogen and oxygen atoms in total. The zero-order chi connectivity index (χ0) is 15.9. The number of carbonyl (C=O) groups is 1. The number of aryl methyl sites for hydroxylation is 1. The summed E-state index contributed by atoms with van der Waals surface area (Å²) < 4.78 is 5.11. The van der Waals surface area contributed by atoms with E-state index in [1.54, 1.807) is 24.1 Å². The van der Waals surface area contributed by atoms with Crippen LogP contribution in [-0.4, -0.2) is 36.1 Å². The molecule has 2 aromatic rings. The SMILES string of the molecule is COCCN(Cc1ccc(C)cc1)C(=O)c1ccnc(Cl)c1. The van der Waals surface area contributed by atoms with E-state index >= 15 is 0 Å². The van der Waals surface area contributed by atoms with Crippen molar-refractivity contribution in [2.45, 2.75) is 13.5 Å². The van der Waals surface area contributed by atoms with E-state index in [0.29, 0.717) is 30.4 Å². The summed E-state index contributed by atoms with van der Waals surface area (Å²) >= 11 is 5.87. The van der Waals surface area contributed by atoms with Crippen molar-refractivity contribution < 1.29 is 9.53 Å². The lowest BCUT2D eigenvalue weighted by Crippen LogP contribution is -2.33. The Kier molecular flexibility index (Phi) is 5.92. The van der Waals surface area contributed by atoms with Crippen LogP contribution in [0.3, 0.4) is 0 Å². The van der Waals surface area contributed by atoms with E-state index in [1.165, 1.54) is 11.8 Å². The molecule has 22 heavy (non-hydrogen) atoms. The van der Waals surface area contributed by atoms with E-state index in [9.17, 15) is 4.79 Å². The Balaban J connectivity index is 2.17. The lowest BCUT2D eigenvalue weighted by Gasteiger charge is -2.22. The zero-order valence-corrected chi connectivity index (χ0v) is 13.5. The Morgan fingerprint density at radius 3 is 2.64 bits per heavy atom. The van der Waals surface area contributed by atoms with Gasteiger partial charge in [-0.25, -0.2) is 4.98 Å². The number of carbonyl (C=O) groups excluding carboxylic acids is 1. The molecule has 1 amide bonds. The average molecular weight is 319 g/mol. The summed E-state index contributed by atoms with van der Waals surface area (Å²) in [6.07, 6.45) is 1.54. The van der Waals surface area contributed by atoms with Gasteiger partial charge in [0.05, 0.1) is 6.61 Å². The highest BCUT2D eigenvalue weighted by Gasteiger charge is 2.16. The molecule has 0 aliphatic heterocycles. The van der Waals surface area contributed by atoms with Gasteiger partial charge < -0.3 is 9.64 Å². The minimum atomic E-state index is -0.0816. The van der Waals surface area contributed by atoms with Crippen molar-refractivity contribution in [2.75, 3.05) is 20.3 Å². The van der Waals surface area contributed by atoms with Crippen LogP contribution in [0.25, 0.3) is 0 Å². The van der Waals surface area contributed by atoms with Gasteiger partial charge in [0.25, 0.3) is 5.91 Å². The third-order valence-electron chi connectivity index (χ3n) is 3.32. The van der Waals surface area contributed by atoms with Gasteiger partial charge in [0.15, 0.2) is 0 Å². The van der Waals surface area contributed by atoms with Crippen molar-refractivity contribution in [3.8, 4) is 0 Å². The molecule has 0 saturated heterocycles. The number of methoxy groups -OCH3 is 1. The zero-order valence-electron chi connectivity index (χ0n) is 12.8. The van der Waals surface area contributed by atoms with Crippen LogP contribution in [0.5, 0.6) is 0 Å². The fraction of sp³-hybridized carbons (Fsp3) is 0.294. The van der Waals surface area contributed by atoms with Crippen LogP contribution in [0.4, 0.5) is 0 Å². The minimum absolute atomic E-state index is 0.0816. The first kappa shape index (κ1) is 16.5. The molecule has 0 N–H and O–H groups in total. The van der Waals surface area contributed by atoms with E-state index in [2.05, 4.69) is 4.98 Å². The van der Waals surface area contributed by atoms with Gasteiger partial charge in [-0.1, -0.05) is 41.4 Å². The predicted octanol–water partition coefficient (Wildman–Crippen LogP) is 3.33. The molecule has 0 fully saturated rings.